The van der Waals surface area contributed by atoms with Crippen molar-refractivity contribution in [2.45, 2.75) is 6.54 Å². The minimum atomic E-state index is -0.462. The molecule has 3 rings (SSSR count). The van der Waals surface area contributed by atoms with E-state index in [2.05, 4.69) is 4.90 Å². The zero-order valence-electron chi connectivity index (χ0n) is 16.1. The van der Waals surface area contributed by atoms with Gasteiger partial charge in [0.25, 0.3) is 0 Å². The van der Waals surface area contributed by atoms with Gasteiger partial charge in [-0.15, -0.1) is 23.2 Å². The van der Waals surface area contributed by atoms with E-state index in [1.54, 1.807) is 12.1 Å². The maximum absolute atomic E-state index is 13.2. The van der Waals surface area contributed by atoms with Crippen LogP contribution in [0.2, 0.25) is 0 Å². The molecule has 2 aromatic carbocycles. The Labute approximate surface area is 178 Å². The molecule has 0 atom stereocenters. The normalized spacial score (nSPS) is 12.7. The van der Waals surface area contributed by atoms with Crippen LogP contribution in [0, 0.1) is 0 Å². The van der Waals surface area contributed by atoms with Crippen molar-refractivity contribution in [3.63, 3.8) is 0 Å². The lowest BCUT2D eigenvalue weighted by Gasteiger charge is -2.24. The van der Waals surface area contributed by atoms with Crippen molar-refractivity contribution < 1.29 is 24.2 Å². The number of rotatable bonds is 8. The molecule has 29 heavy (non-hydrogen) atoms. The third kappa shape index (κ3) is 4.06. The van der Waals surface area contributed by atoms with E-state index in [1.165, 1.54) is 26.4 Å². The van der Waals surface area contributed by atoms with Gasteiger partial charge < -0.3 is 14.6 Å². The van der Waals surface area contributed by atoms with E-state index in [-0.39, 0.29) is 39.5 Å². The molecule has 0 amide bonds. The highest BCUT2D eigenvalue weighted by Crippen LogP contribution is 2.39. The summed E-state index contributed by atoms with van der Waals surface area (Å²) in [5, 5.41) is 10.3. The number of alkyl halides is 2. The predicted octanol–water partition coefficient (Wildman–Crippen LogP) is 3.46. The fourth-order valence-electron chi connectivity index (χ4n) is 3.51. The number of methoxy groups -OCH3 is 2. The molecule has 0 unspecified atom stereocenters. The summed E-state index contributed by atoms with van der Waals surface area (Å²) >= 11 is 11.7. The number of carbonyl (C=O) groups is 2. The Morgan fingerprint density at radius 1 is 0.897 bits per heavy atom. The summed E-state index contributed by atoms with van der Waals surface area (Å²) in [6.45, 7) is 1.77. The summed E-state index contributed by atoms with van der Waals surface area (Å²) in [4.78, 5) is 28.4. The average Bonchev–Trinajstić information content (AvgIpc) is 2.71. The van der Waals surface area contributed by atoms with E-state index >= 15 is 0 Å². The molecule has 0 aliphatic heterocycles. The Balaban J connectivity index is 2.11. The Hall–Kier alpha value is -2.28. The minimum absolute atomic E-state index is 0.0414. The summed E-state index contributed by atoms with van der Waals surface area (Å²) in [6, 6.07) is 6.19. The number of fused-ring (bicyclic) bond motifs is 2. The van der Waals surface area contributed by atoms with Gasteiger partial charge in [0.2, 0.25) is 5.78 Å². The number of nitrogens with zero attached hydrogens (tertiary/aromatic N) is 1. The van der Waals surface area contributed by atoms with Crippen LogP contribution < -0.4 is 9.47 Å². The van der Waals surface area contributed by atoms with Crippen LogP contribution >= 0.6 is 23.2 Å². The van der Waals surface area contributed by atoms with E-state index in [4.69, 9.17) is 32.7 Å². The second-order valence-electron chi connectivity index (χ2n) is 6.60. The second-order valence-corrected chi connectivity index (χ2v) is 7.36. The first-order valence-corrected chi connectivity index (χ1v) is 10.1. The Morgan fingerprint density at radius 2 is 1.55 bits per heavy atom. The number of phenolic OH excluding ortho intramolecular Hbond substituents is 1. The first-order valence-electron chi connectivity index (χ1n) is 9.00. The number of carbonyl (C=O) groups excluding carboxylic acids is 2. The Morgan fingerprint density at radius 3 is 2.14 bits per heavy atom. The van der Waals surface area contributed by atoms with Crippen LogP contribution in [0.4, 0.5) is 0 Å². The van der Waals surface area contributed by atoms with E-state index < -0.39 is 5.78 Å². The van der Waals surface area contributed by atoms with E-state index in [9.17, 15) is 14.7 Å². The third-order valence-corrected chi connectivity index (χ3v) is 5.20. The van der Waals surface area contributed by atoms with Gasteiger partial charge in [0.15, 0.2) is 5.78 Å². The van der Waals surface area contributed by atoms with Crippen LogP contribution in [0.1, 0.15) is 37.4 Å². The number of hydrogen-bond acceptors (Lipinski definition) is 6. The van der Waals surface area contributed by atoms with Gasteiger partial charge in [0.1, 0.15) is 17.2 Å². The van der Waals surface area contributed by atoms with Crippen molar-refractivity contribution in [3.05, 3.63) is 52.1 Å². The quantitative estimate of drug-likeness (QED) is 0.543. The fourth-order valence-corrected chi connectivity index (χ4v) is 3.99. The molecule has 2 aromatic rings. The summed E-state index contributed by atoms with van der Waals surface area (Å²) in [5.74, 6) is 0.343. The van der Waals surface area contributed by atoms with Crippen LogP contribution in [0.3, 0.4) is 0 Å². The highest BCUT2D eigenvalue weighted by Gasteiger charge is 2.35. The lowest BCUT2D eigenvalue weighted by molar-refractivity contribution is 0.0973. The number of benzene rings is 2. The van der Waals surface area contributed by atoms with Crippen molar-refractivity contribution in [1.29, 1.82) is 0 Å². The summed E-state index contributed by atoms with van der Waals surface area (Å²) in [7, 11) is 2.86. The molecule has 1 aliphatic rings. The van der Waals surface area contributed by atoms with Crippen LogP contribution in [0.5, 0.6) is 17.2 Å². The van der Waals surface area contributed by atoms with Crippen LogP contribution in [0.15, 0.2) is 24.3 Å². The van der Waals surface area contributed by atoms with Gasteiger partial charge in [-0.3, -0.25) is 14.5 Å². The molecule has 154 valence electrons. The zero-order valence-corrected chi connectivity index (χ0v) is 17.6. The number of hydrogen-bond donors (Lipinski definition) is 1. The van der Waals surface area contributed by atoms with Gasteiger partial charge in [-0.05, 0) is 23.8 Å². The van der Waals surface area contributed by atoms with Crippen molar-refractivity contribution in [3.8, 4) is 17.2 Å². The van der Waals surface area contributed by atoms with Crippen molar-refractivity contribution in [2.75, 3.05) is 39.1 Å². The lowest BCUT2D eigenvalue weighted by atomic mass is 9.82. The summed E-state index contributed by atoms with van der Waals surface area (Å²) < 4.78 is 10.6. The van der Waals surface area contributed by atoms with Gasteiger partial charge >= 0.3 is 0 Å². The molecule has 0 radical (unpaired) electrons. The number of phenols is 1. The Kier molecular flexibility index (Phi) is 6.67. The topological polar surface area (TPSA) is 76.1 Å². The SMILES string of the molecule is COc1cc(O)c2c(c1)C(=O)c1cc(CN(CCCl)CCCl)cc(OC)c1C2=O. The lowest BCUT2D eigenvalue weighted by Crippen LogP contribution is -2.28. The molecule has 8 heteroatoms. The molecule has 0 saturated carbocycles. The first kappa shape index (κ1) is 21.4. The molecular weight excluding hydrogens is 417 g/mol. The van der Waals surface area contributed by atoms with E-state index in [1.807, 2.05) is 0 Å². The standard InChI is InChI=1S/C21H21Cl2NO5/c1-28-13-9-15-18(16(25)10-13)21(27)19-14(20(15)26)7-12(8-17(19)29-2)11-24(5-3-22)6-4-23/h7-10,25H,3-6,11H2,1-2H3. The first-order chi connectivity index (χ1) is 13.9. The van der Waals surface area contributed by atoms with Crippen LogP contribution in [0.25, 0.3) is 0 Å². The van der Waals surface area contributed by atoms with E-state index in [0.717, 1.165) is 5.56 Å². The number of aromatic hydroxyl groups is 1. The molecule has 0 heterocycles. The van der Waals surface area contributed by atoms with Crippen molar-refractivity contribution in [2.24, 2.45) is 0 Å². The minimum Gasteiger partial charge on any atom is -0.507 e. The van der Waals surface area contributed by atoms with Crippen LogP contribution in [-0.2, 0) is 6.54 Å². The molecule has 6 nitrogen and oxygen atoms in total. The molecule has 1 N–H and O–H groups in total. The molecule has 0 fully saturated rings. The molecule has 0 saturated heterocycles. The number of halogens is 2. The maximum atomic E-state index is 13.2. The highest BCUT2D eigenvalue weighted by atomic mass is 35.5. The Bertz CT molecular complexity index is 955. The van der Waals surface area contributed by atoms with E-state index in [0.29, 0.717) is 37.1 Å². The smallest absolute Gasteiger partial charge is 0.201 e. The summed E-state index contributed by atoms with van der Waals surface area (Å²) in [5.41, 5.74) is 1.25. The number of ketones is 2. The molecule has 0 bridgehead atoms. The number of ether oxygens (including phenoxy) is 2. The van der Waals surface area contributed by atoms with Gasteiger partial charge in [-0.25, -0.2) is 0 Å². The third-order valence-electron chi connectivity index (χ3n) is 4.86. The molecule has 0 aromatic heterocycles. The van der Waals surface area contributed by atoms with Gasteiger partial charge in [0.05, 0.1) is 25.3 Å². The van der Waals surface area contributed by atoms with Crippen molar-refractivity contribution in [1.82, 2.24) is 4.90 Å². The van der Waals surface area contributed by atoms with Gasteiger partial charge in [-0.1, -0.05) is 0 Å². The maximum Gasteiger partial charge on any atom is 0.201 e. The summed E-state index contributed by atoms with van der Waals surface area (Å²) in [6.07, 6.45) is 0. The van der Waals surface area contributed by atoms with Gasteiger partial charge in [-0.2, -0.15) is 0 Å². The average molecular weight is 438 g/mol. The monoisotopic (exact) mass is 437 g/mol. The molecule has 0 spiro atoms. The highest BCUT2D eigenvalue weighted by molar-refractivity contribution is 6.30. The molecule has 1 aliphatic carbocycles. The predicted molar refractivity (Wildman–Crippen MR) is 111 cm³/mol. The molecular formula is C21H21Cl2NO5. The largest absolute Gasteiger partial charge is 0.507 e. The van der Waals surface area contributed by atoms with Crippen LogP contribution in [-0.4, -0.2) is 60.6 Å². The van der Waals surface area contributed by atoms with Crippen molar-refractivity contribution >= 4 is 34.8 Å². The van der Waals surface area contributed by atoms with Gasteiger partial charge in [0, 0.05) is 48.6 Å². The second kappa shape index (κ2) is 9.03. The fraction of sp³-hybridized carbons (Fsp3) is 0.333. The zero-order chi connectivity index (χ0) is 21.1.